The number of nitrogens with zero attached hydrogens (tertiary/aromatic N) is 2. The maximum atomic E-state index is 14.9. The Labute approximate surface area is 210 Å². The van der Waals surface area contributed by atoms with Crippen LogP contribution in [0.1, 0.15) is 6.42 Å². The molecule has 1 amide bonds. The molecule has 2 heterocycles. The van der Waals surface area contributed by atoms with Crippen molar-refractivity contribution in [3.05, 3.63) is 42.3 Å². The summed E-state index contributed by atoms with van der Waals surface area (Å²) in [5.41, 5.74) is 1.50. The number of hydrogen-bond donors (Lipinski definition) is 1. The molecule has 2 atom stereocenters. The van der Waals surface area contributed by atoms with Crippen LogP contribution in [-0.4, -0.2) is 50.3 Å². The Morgan fingerprint density at radius 2 is 1.94 bits per heavy atom. The maximum Gasteiger partial charge on any atom is 0.309 e. The summed E-state index contributed by atoms with van der Waals surface area (Å²) in [6.45, 7) is 7.69. The fourth-order valence-electron chi connectivity index (χ4n) is 4.12. The highest BCUT2D eigenvalue weighted by molar-refractivity contribution is 6.76. The van der Waals surface area contributed by atoms with Crippen molar-refractivity contribution in [1.29, 1.82) is 0 Å². The molecule has 2 aromatic heterocycles. The van der Waals surface area contributed by atoms with Crippen LogP contribution >= 0.6 is 0 Å². The van der Waals surface area contributed by atoms with Gasteiger partial charge in [-0.2, -0.15) is 0 Å². The molecule has 0 radical (unpaired) electrons. The third-order valence-corrected chi connectivity index (χ3v) is 8.00. The van der Waals surface area contributed by atoms with Crippen LogP contribution in [0.25, 0.3) is 22.2 Å². The molecule has 0 bridgehead atoms. The molecule has 0 saturated heterocycles. The van der Waals surface area contributed by atoms with Crippen molar-refractivity contribution in [2.75, 3.05) is 26.1 Å². The van der Waals surface area contributed by atoms with Crippen molar-refractivity contribution < 1.29 is 28.2 Å². The van der Waals surface area contributed by atoms with Crippen molar-refractivity contribution in [1.82, 2.24) is 9.55 Å². The molecular weight excluding hydrogens is 481 g/mol. The van der Waals surface area contributed by atoms with E-state index in [0.29, 0.717) is 46.8 Å². The van der Waals surface area contributed by atoms with Crippen molar-refractivity contribution >= 4 is 36.8 Å². The van der Waals surface area contributed by atoms with E-state index in [4.69, 9.17) is 14.2 Å². The van der Waals surface area contributed by atoms with Gasteiger partial charge in [0.2, 0.25) is 5.91 Å². The average Bonchev–Trinajstić information content (AvgIpc) is 3.57. The Kier molecular flexibility index (Phi) is 7.46. The molecule has 8 nitrogen and oxygen atoms in total. The van der Waals surface area contributed by atoms with E-state index in [1.54, 1.807) is 30.5 Å². The van der Waals surface area contributed by atoms with Gasteiger partial charge in [0.1, 0.15) is 29.8 Å². The summed E-state index contributed by atoms with van der Waals surface area (Å²) in [5.74, 6) is -1.16. The number of rotatable bonds is 10. The number of benzene rings is 1. The SMILES string of the molecule is COC(=O)[C@@H]1C[C@H]1C(=O)Nc1ccc2c(-c3c(F)cccc3OC)cn(COCC[Si](C)(C)C)c2n1. The van der Waals surface area contributed by atoms with Crippen LogP contribution in [0.2, 0.25) is 25.7 Å². The normalized spacial score (nSPS) is 17.2. The Morgan fingerprint density at radius 1 is 1.17 bits per heavy atom. The summed E-state index contributed by atoms with van der Waals surface area (Å²) in [7, 11) is 1.55. The summed E-state index contributed by atoms with van der Waals surface area (Å²) >= 11 is 0. The molecule has 1 aliphatic carbocycles. The van der Waals surface area contributed by atoms with Crippen LogP contribution in [0.3, 0.4) is 0 Å². The minimum Gasteiger partial charge on any atom is -0.496 e. The molecule has 0 unspecified atom stereocenters. The standard InChI is InChI=1S/C26H32FN3O5Si/c1-33-21-8-6-7-20(27)23(21)19-14-30(15-35-11-12-36(3,4)5)24-16(19)9-10-22(28-24)29-25(31)17-13-18(17)26(32)34-2/h6-10,14,17-18H,11-13,15H2,1-5H3,(H,28,29,31)/t17-,18-/m1/s1. The van der Waals surface area contributed by atoms with Crippen molar-refractivity contribution in [3.8, 4) is 16.9 Å². The Bertz CT molecular complexity index is 1290. The number of anilines is 1. The molecule has 192 valence electrons. The van der Waals surface area contributed by atoms with Gasteiger partial charge in [-0.25, -0.2) is 9.37 Å². The van der Waals surface area contributed by atoms with E-state index in [1.165, 1.54) is 20.3 Å². The number of amides is 1. The van der Waals surface area contributed by atoms with Crippen LogP contribution < -0.4 is 10.1 Å². The number of esters is 1. The van der Waals surface area contributed by atoms with E-state index >= 15 is 0 Å². The van der Waals surface area contributed by atoms with Gasteiger partial charge >= 0.3 is 5.97 Å². The highest BCUT2D eigenvalue weighted by atomic mass is 28.3. The molecule has 0 spiro atoms. The van der Waals surface area contributed by atoms with Crippen LogP contribution in [-0.2, 0) is 25.8 Å². The van der Waals surface area contributed by atoms with Gasteiger partial charge in [0, 0.05) is 31.8 Å². The molecule has 1 aliphatic rings. The maximum absolute atomic E-state index is 14.9. The zero-order valence-electron chi connectivity index (χ0n) is 21.3. The third-order valence-electron chi connectivity index (χ3n) is 6.30. The number of carbonyl (C=O) groups is 2. The van der Waals surface area contributed by atoms with Gasteiger partial charge < -0.3 is 24.1 Å². The summed E-state index contributed by atoms with van der Waals surface area (Å²) in [4.78, 5) is 29.0. The highest BCUT2D eigenvalue weighted by Crippen LogP contribution is 2.41. The molecule has 1 fully saturated rings. The number of hydrogen-bond acceptors (Lipinski definition) is 6. The zero-order chi connectivity index (χ0) is 26.0. The first-order valence-electron chi connectivity index (χ1n) is 11.9. The van der Waals surface area contributed by atoms with Gasteiger partial charge in [-0.05, 0) is 36.7 Å². The fourth-order valence-corrected chi connectivity index (χ4v) is 4.88. The second-order valence-electron chi connectivity index (χ2n) is 10.2. The summed E-state index contributed by atoms with van der Waals surface area (Å²) in [6.07, 6.45) is 2.26. The molecule has 1 aromatic carbocycles. The lowest BCUT2D eigenvalue weighted by Gasteiger charge is -2.15. The van der Waals surface area contributed by atoms with Gasteiger partial charge in [-0.15, -0.1) is 0 Å². The van der Waals surface area contributed by atoms with Crippen LogP contribution in [0, 0.1) is 17.7 Å². The Balaban J connectivity index is 1.65. The van der Waals surface area contributed by atoms with E-state index < -0.39 is 25.7 Å². The van der Waals surface area contributed by atoms with E-state index in [2.05, 4.69) is 29.9 Å². The lowest BCUT2D eigenvalue weighted by Crippen LogP contribution is -2.22. The largest absolute Gasteiger partial charge is 0.496 e. The lowest BCUT2D eigenvalue weighted by atomic mass is 10.0. The van der Waals surface area contributed by atoms with Crippen LogP contribution in [0.15, 0.2) is 36.5 Å². The van der Waals surface area contributed by atoms with Crippen molar-refractivity contribution in [3.63, 3.8) is 0 Å². The number of halogens is 1. The number of pyridine rings is 1. The molecule has 1 saturated carbocycles. The van der Waals surface area contributed by atoms with E-state index in [-0.39, 0.29) is 18.6 Å². The average molecular weight is 514 g/mol. The molecule has 4 rings (SSSR count). The summed E-state index contributed by atoms with van der Waals surface area (Å²) in [6, 6.07) is 9.17. The quantitative estimate of drug-likeness (QED) is 0.235. The third kappa shape index (κ3) is 5.60. The first-order valence-corrected chi connectivity index (χ1v) is 15.6. The van der Waals surface area contributed by atoms with E-state index in [0.717, 1.165) is 6.04 Å². The van der Waals surface area contributed by atoms with Crippen LogP contribution in [0.4, 0.5) is 10.2 Å². The molecule has 36 heavy (non-hydrogen) atoms. The first-order chi connectivity index (χ1) is 17.1. The second-order valence-corrected chi connectivity index (χ2v) is 15.8. The Morgan fingerprint density at radius 3 is 2.64 bits per heavy atom. The first kappa shape index (κ1) is 25.8. The smallest absolute Gasteiger partial charge is 0.309 e. The molecular formula is C26H32FN3O5Si. The number of aromatic nitrogens is 2. The minimum absolute atomic E-state index is 0.231. The number of ether oxygens (including phenoxy) is 3. The number of carbonyl (C=O) groups excluding carboxylic acids is 2. The van der Waals surface area contributed by atoms with Gasteiger partial charge in [0.25, 0.3) is 0 Å². The molecule has 3 aromatic rings. The van der Waals surface area contributed by atoms with Gasteiger partial charge in [-0.3, -0.25) is 9.59 Å². The topological polar surface area (TPSA) is 91.7 Å². The second kappa shape index (κ2) is 10.4. The van der Waals surface area contributed by atoms with E-state index in [9.17, 15) is 14.0 Å². The monoisotopic (exact) mass is 513 g/mol. The highest BCUT2D eigenvalue weighted by Gasteiger charge is 2.49. The van der Waals surface area contributed by atoms with Gasteiger partial charge in [0.05, 0.1) is 31.6 Å². The zero-order valence-corrected chi connectivity index (χ0v) is 22.3. The number of nitrogens with one attached hydrogen (secondary N) is 1. The summed E-state index contributed by atoms with van der Waals surface area (Å²) in [5, 5.41) is 3.50. The van der Waals surface area contributed by atoms with Crippen molar-refractivity contribution in [2.24, 2.45) is 11.8 Å². The minimum atomic E-state index is -1.26. The van der Waals surface area contributed by atoms with Crippen LogP contribution in [0.5, 0.6) is 5.75 Å². The predicted octanol–water partition coefficient (Wildman–Crippen LogP) is 4.91. The Hall–Kier alpha value is -3.24. The number of methoxy groups -OCH3 is 2. The number of fused-ring (bicyclic) bond motifs is 1. The molecule has 1 N–H and O–H groups in total. The molecule has 0 aliphatic heterocycles. The van der Waals surface area contributed by atoms with Gasteiger partial charge in [-0.1, -0.05) is 25.7 Å². The lowest BCUT2D eigenvalue weighted by molar-refractivity contribution is -0.143. The van der Waals surface area contributed by atoms with Crippen molar-refractivity contribution in [2.45, 2.75) is 38.8 Å². The predicted molar refractivity (Wildman–Crippen MR) is 138 cm³/mol. The summed E-state index contributed by atoms with van der Waals surface area (Å²) < 4.78 is 32.9. The van der Waals surface area contributed by atoms with Gasteiger partial charge in [0.15, 0.2) is 0 Å². The fraction of sp³-hybridized carbons (Fsp3) is 0.423. The molecule has 10 heteroatoms. The van der Waals surface area contributed by atoms with E-state index in [1.807, 2.05) is 4.57 Å².